The fourth-order valence-electron chi connectivity index (χ4n) is 0.778. The van der Waals surface area contributed by atoms with E-state index in [-0.39, 0.29) is 0 Å². The van der Waals surface area contributed by atoms with Gasteiger partial charge in [-0.2, -0.15) is 0 Å². The van der Waals surface area contributed by atoms with Crippen LogP contribution in [0, 0.1) is 6.92 Å². The quantitative estimate of drug-likeness (QED) is 0.682. The number of benzene rings is 1. The Balaban J connectivity index is 0.000000561. The van der Waals surface area contributed by atoms with Gasteiger partial charge in [0, 0.05) is 7.11 Å². The van der Waals surface area contributed by atoms with Gasteiger partial charge in [-0.1, -0.05) is 24.8 Å². The minimum atomic E-state index is 0.873. The van der Waals surface area contributed by atoms with Crippen LogP contribution in [0.4, 0.5) is 0 Å². The second-order valence-corrected chi connectivity index (χ2v) is 2.05. The molecule has 0 spiro atoms. The minimum Gasteiger partial charge on any atom is -0.465 e. The van der Waals surface area contributed by atoms with Crippen molar-refractivity contribution < 1.29 is 9.84 Å². The maximum absolute atomic E-state index is 7.00. The van der Waals surface area contributed by atoms with Crippen molar-refractivity contribution in [3.8, 4) is 5.75 Å². The molecule has 0 radical (unpaired) electrons. The molecular formula is C10H14O2. The van der Waals surface area contributed by atoms with Crippen molar-refractivity contribution in [2.75, 3.05) is 7.11 Å². The molecule has 0 saturated carbocycles. The van der Waals surface area contributed by atoms with E-state index in [0.717, 1.165) is 18.4 Å². The van der Waals surface area contributed by atoms with Crippen molar-refractivity contribution in [1.29, 1.82) is 0 Å². The second kappa shape index (κ2) is 6.43. The number of hydrogen-bond acceptors (Lipinski definition) is 2. The largest absolute Gasteiger partial charge is 0.465 e. The van der Waals surface area contributed by atoms with E-state index in [4.69, 9.17) is 9.84 Å². The Morgan fingerprint density at radius 1 is 1.33 bits per heavy atom. The Bertz CT molecular complexity index is 231. The van der Waals surface area contributed by atoms with Crippen LogP contribution < -0.4 is 4.74 Å². The molecule has 0 saturated heterocycles. The molecule has 0 aliphatic heterocycles. The average Bonchev–Trinajstić information content (AvgIpc) is 2.13. The van der Waals surface area contributed by atoms with E-state index in [0.29, 0.717) is 0 Å². The monoisotopic (exact) mass is 166 g/mol. The van der Waals surface area contributed by atoms with Gasteiger partial charge in [0.1, 0.15) is 5.75 Å². The van der Waals surface area contributed by atoms with Crippen molar-refractivity contribution >= 4 is 0 Å². The molecule has 12 heavy (non-hydrogen) atoms. The molecule has 2 nitrogen and oxygen atoms in total. The van der Waals surface area contributed by atoms with Crippen LogP contribution in [0.3, 0.4) is 0 Å². The van der Waals surface area contributed by atoms with Gasteiger partial charge in [0.15, 0.2) is 0 Å². The molecule has 0 aliphatic rings. The van der Waals surface area contributed by atoms with Crippen molar-refractivity contribution in [1.82, 2.24) is 0 Å². The fraction of sp³-hybridized carbons (Fsp3) is 0.200. The number of hydrogen-bond donors (Lipinski definition) is 1. The lowest BCUT2D eigenvalue weighted by Gasteiger charge is -2.01. The number of rotatable bonds is 2. The van der Waals surface area contributed by atoms with E-state index in [1.807, 2.05) is 31.2 Å². The van der Waals surface area contributed by atoms with E-state index in [2.05, 4.69) is 6.58 Å². The Hall–Kier alpha value is -1.28. The highest BCUT2D eigenvalue weighted by molar-refractivity contribution is 5.32. The van der Waals surface area contributed by atoms with Gasteiger partial charge >= 0.3 is 0 Å². The Morgan fingerprint density at radius 2 is 1.92 bits per heavy atom. The molecule has 1 N–H and O–H groups in total. The van der Waals surface area contributed by atoms with Crippen LogP contribution in [0.5, 0.6) is 5.75 Å². The zero-order chi connectivity index (χ0) is 9.40. The lowest BCUT2D eigenvalue weighted by atomic mass is 10.2. The summed E-state index contributed by atoms with van der Waals surface area (Å²) in [5.74, 6) is 0.873. The molecular weight excluding hydrogens is 152 g/mol. The Morgan fingerprint density at radius 3 is 2.42 bits per heavy atom. The molecule has 1 aromatic carbocycles. The smallest absolute Gasteiger partial charge is 0.129 e. The van der Waals surface area contributed by atoms with Gasteiger partial charge in [0.25, 0.3) is 0 Å². The Labute approximate surface area is 73.1 Å². The van der Waals surface area contributed by atoms with Gasteiger partial charge in [-0.05, 0) is 18.6 Å². The van der Waals surface area contributed by atoms with Gasteiger partial charge < -0.3 is 9.84 Å². The normalized spacial score (nSPS) is 7.92. The molecule has 0 fully saturated rings. The highest BCUT2D eigenvalue weighted by atomic mass is 16.5. The van der Waals surface area contributed by atoms with E-state index in [9.17, 15) is 0 Å². The molecule has 1 rings (SSSR count). The predicted molar refractivity (Wildman–Crippen MR) is 50.1 cm³/mol. The maximum atomic E-state index is 7.00. The van der Waals surface area contributed by atoms with Crippen molar-refractivity contribution in [3.05, 3.63) is 42.7 Å². The summed E-state index contributed by atoms with van der Waals surface area (Å²) in [6.45, 7) is 5.47. The summed E-state index contributed by atoms with van der Waals surface area (Å²) in [4.78, 5) is 0. The molecule has 0 atom stereocenters. The highest BCUT2D eigenvalue weighted by Crippen LogP contribution is 2.15. The van der Waals surface area contributed by atoms with Gasteiger partial charge in [-0.15, -0.1) is 0 Å². The van der Waals surface area contributed by atoms with Crippen LogP contribution in [0.1, 0.15) is 5.56 Å². The Kier molecular flexibility index (Phi) is 5.75. The van der Waals surface area contributed by atoms with E-state index in [1.165, 1.54) is 6.26 Å². The van der Waals surface area contributed by atoms with E-state index < -0.39 is 0 Å². The number of aryl methyl sites for hydroxylation is 1. The number of aliphatic hydroxyl groups is 1. The molecule has 0 amide bonds. The third-order valence-electron chi connectivity index (χ3n) is 1.30. The van der Waals surface area contributed by atoms with Crippen molar-refractivity contribution in [2.45, 2.75) is 6.92 Å². The van der Waals surface area contributed by atoms with Gasteiger partial charge in [-0.25, -0.2) is 0 Å². The maximum Gasteiger partial charge on any atom is 0.129 e. The lowest BCUT2D eigenvalue weighted by molar-refractivity contribution is 0.399. The summed E-state index contributed by atoms with van der Waals surface area (Å²) >= 11 is 0. The first-order valence-corrected chi connectivity index (χ1v) is 3.62. The fourth-order valence-corrected chi connectivity index (χ4v) is 0.778. The molecule has 66 valence electrons. The third-order valence-corrected chi connectivity index (χ3v) is 1.30. The number of ether oxygens (including phenoxy) is 1. The number of aliphatic hydroxyl groups excluding tert-OH is 1. The topological polar surface area (TPSA) is 29.5 Å². The molecule has 2 heteroatoms. The van der Waals surface area contributed by atoms with Crippen LogP contribution in [0.2, 0.25) is 0 Å². The molecule has 0 unspecified atom stereocenters. The minimum absolute atomic E-state index is 0.873. The summed E-state index contributed by atoms with van der Waals surface area (Å²) in [5, 5.41) is 7.00. The summed E-state index contributed by atoms with van der Waals surface area (Å²) in [7, 11) is 1.00. The first-order valence-electron chi connectivity index (χ1n) is 3.62. The molecule has 0 heterocycles. The summed E-state index contributed by atoms with van der Waals surface area (Å²) in [6, 6.07) is 7.83. The predicted octanol–water partition coefficient (Wildman–Crippen LogP) is 2.13. The highest BCUT2D eigenvalue weighted by Gasteiger charge is 1.92. The van der Waals surface area contributed by atoms with Crippen LogP contribution in [-0.2, 0) is 0 Å². The molecule has 0 bridgehead atoms. The summed E-state index contributed by atoms with van der Waals surface area (Å²) in [5.41, 5.74) is 1.13. The van der Waals surface area contributed by atoms with E-state index >= 15 is 0 Å². The summed E-state index contributed by atoms with van der Waals surface area (Å²) in [6.07, 6.45) is 1.43. The van der Waals surface area contributed by atoms with Crippen LogP contribution in [0.15, 0.2) is 37.1 Å². The molecule has 1 aromatic rings. The van der Waals surface area contributed by atoms with Crippen LogP contribution in [-0.4, -0.2) is 12.2 Å². The third kappa shape index (κ3) is 3.21. The van der Waals surface area contributed by atoms with Crippen LogP contribution in [0.25, 0.3) is 0 Å². The van der Waals surface area contributed by atoms with E-state index in [1.54, 1.807) is 0 Å². The molecule has 0 aliphatic carbocycles. The zero-order valence-corrected chi connectivity index (χ0v) is 7.45. The van der Waals surface area contributed by atoms with Gasteiger partial charge in [0.2, 0.25) is 0 Å². The zero-order valence-electron chi connectivity index (χ0n) is 7.45. The average molecular weight is 166 g/mol. The lowest BCUT2D eigenvalue weighted by Crippen LogP contribution is -1.82. The first kappa shape index (κ1) is 10.7. The number of para-hydroxylation sites is 1. The van der Waals surface area contributed by atoms with Gasteiger partial charge in [-0.3, -0.25) is 0 Å². The SMILES string of the molecule is C=COc1ccccc1C.CO. The van der Waals surface area contributed by atoms with Crippen molar-refractivity contribution in [2.24, 2.45) is 0 Å². The molecule has 0 aromatic heterocycles. The summed E-state index contributed by atoms with van der Waals surface area (Å²) < 4.78 is 5.10. The van der Waals surface area contributed by atoms with Crippen LogP contribution >= 0.6 is 0 Å². The second-order valence-electron chi connectivity index (χ2n) is 2.05. The van der Waals surface area contributed by atoms with Gasteiger partial charge in [0.05, 0.1) is 6.26 Å². The van der Waals surface area contributed by atoms with Crippen molar-refractivity contribution in [3.63, 3.8) is 0 Å². The first-order chi connectivity index (χ1) is 5.84. The standard InChI is InChI=1S/C9H10O.CH4O/c1-3-10-9-7-5-4-6-8(9)2;1-2/h3-7H,1H2,2H3;2H,1H3.